The molecule has 0 fully saturated rings. The molecule has 0 unspecified atom stereocenters. The molecule has 1 heterocycles. The standard InChI is InChI=1S/C19H19N3O3S/c1-13(26-16-6-4-3-5-7-16)19(23)20-12-17-21-18(22-25-17)14-8-10-15(24-2)11-9-14/h3-11,13H,12H2,1-2H3,(H,20,23)/t13-/m1/s1. The number of amides is 1. The lowest BCUT2D eigenvalue weighted by Gasteiger charge is -2.10. The van der Waals surface area contributed by atoms with Crippen molar-refractivity contribution in [1.29, 1.82) is 0 Å². The van der Waals surface area contributed by atoms with Gasteiger partial charge in [-0.2, -0.15) is 4.98 Å². The molecule has 1 amide bonds. The van der Waals surface area contributed by atoms with Crippen molar-refractivity contribution in [2.75, 3.05) is 7.11 Å². The van der Waals surface area contributed by atoms with E-state index in [9.17, 15) is 4.79 Å². The van der Waals surface area contributed by atoms with E-state index < -0.39 is 0 Å². The highest BCUT2D eigenvalue weighted by molar-refractivity contribution is 8.00. The second kappa shape index (κ2) is 8.53. The molecule has 26 heavy (non-hydrogen) atoms. The van der Waals surface area contributed by atoms with Gasteiger partial charge in [0.15, 0.2) is 0 Å². The number of ether oxygens (including phenoxy) is 1. The van der Waals surface area contributed by atoms with E-state index in [-0.39, 0.29) is 17.7 Å². The van der Waals surface area contributed by atoms with Gasteiger partial charge in [-0.25, -0.2) is 0 Å². The highest BCUT2D eigenvalue weighted by atomic mass is 32.2. The Labute approximate surface area is 156 Å². The second-order valence-corrected chi connectivity index (χ2v) is 6.95. The van der Waals surface area contributed by atoms with Gasteiger partial charge in [-0.3, -0.25) is 4.79 Å². The Morgan fingerprint density at radius 3 is 2.62 bits per heavy atom. The van der Waals surface area contributed by atoms with Crippen LogP contribution in [0.3, 0.4) is 0 Å². The van der Waals surface area contributed by atoms with Crippen LogP contribution in [0.1, 0.15) is 12.8 Å². The summed E-state index contributed by atoms with van der Waals surface area (Å²) >= 11 is 1.50. The van der Waals surface area contributed by atoms with Gasteiger partial charge in [-0.05, 0) is 43.3 Å². The lowest BCUT2D eigenvalue weighted by atomic mass is 10.2. The predicted octanol–water partition coefficient (Wildman–Crippen LogP) is 3.54. The van der Waals surface area contributed by atoms with E-state index in [4.69, 9.17) is 9.26 Å². The summed E-state index contributed by atoms with van der Waals surface area (Å²) in [5.74, 6) is 1.52. The van der Waals surface area contributed by atoms with Crippen LogP contribution in [-0.2, 0) is 11.3 Å². The predicted molar refractivity (Wildman–Crippen MR) is 99.9 cm³/mol. The van der Waals surface area contributed by atoms with Gasteiger partial charge >= 0.3 is 0 Å². The van der Waals surface area contributed by atoms with Crippen LogP contribution in [0.15, 0.2) is 64.0 Å². The summed E-state index contributed by atoms with van der Waals surface area (Å²) in [6, 6.07) is 17.2. The molecule has 0 radical (unpaired) electrons. The van der Waals surface area contributed by atoms with E-state index in [0.29, 0.717) is 11.7 Å². The van der Waals surface area contributed by atoms with E-state index in [0.717, 1.165) is 16.2 Å². The molecule has 1 atom stereocenters. The van der Waals surface area contributed by atoms with Crippen LogP contribution < -0.4 is 10.1 Å². The van der Waals surface area contributed by atoms with E-state index in [1.54, 1.807) is 7.11 Å². The number of methoxy groups -OCH3 is 1. The number of carbonyl (C=O) groups is 1. The number of aromatic nitrogens is 2. The summed E-state index contributed by atoms with van der Waals surface area (Å²) in [5, 5.41) is 6.55. The molecule has 2 aromatic carbocycles. The highest BCUT2D eigenvalue weighted by Crippen LogP contribution is 2.23. The van der Waals surface area contributed by atoms with E-state index >= 15 is 0 Å². The Morgan fingerprint density at radius 2 is 1.92 bits per heavy atom. The minimum Gasteiger partial charge on any atom is -0.497 e. The van der Waals surface area contributed by atoms with Gasteiger partial charge in [0.05, 0.1) is 18.9 Å². The summed E-state index contributed by atoms with van der Waals surface area (Å²) in [5.41, 5.74) is 0.820. The molecule has 0 aliphatic rings. The number of benzene rings is 2. The van der Waals surface area contributed by atoms with Gasteiger partial charge in [-0.1, -0.05) is 23.4 Å². The lowest BCUT2D eigenvalue weighted by Crippen LogP contribution is -2.30. The zero-order valence-electron chi connectivity index (χ0n) is 14.5. The first kappa shape index (κ1) is 18.0. The van der Waals surface area contributed by atoms with Gasteiger partial charge in [0.25, 0.3) is 0 Å². The van der Waals surface area contributed by atoms with Crippen LogP contribution in [-0.4, -0.2) is 28.4 Å². The van der Waals surface area contributed by atoms with E-state index in [1.807, 2.05) is 61.5 Å². The Balaban J connectivity index is 1.54. The highest BCUT2D eigenvalue weighted by Gasteiger charge is 2.16. The number of hydrogen-bond donors (Lipinski definition) is 1. The number of nitrogens with one attached hydrogen (secondary N) is 1. The maximum absolute atomic E-state index is 12.2. The fourth-order valence-corrected chi connectivity index (χ4v) is 3.16. The monoisotopic (exact) mass is 369 g/mol. The molecule has 3 rings (SSSR count). The lowest BCUT2D eigenvalue weighted by molar-refractivity contribution is -0.120. The average molecular weight is 369 g/mol. The number of thioether (sulfide) groups is 1. The van der Waals surface area contributed by atoms with Crippen molar-refractivity contribution >= 4 is 17.7 Å². The van der Waals surface area contributed by atoms with Crippen LogP contribution >= 0.6 is 11.8 Å². The largest absolute Gasteiger partial charge is 0.497 e. The van der Waals surface area contributed by atoms with Crippen LogP contribution in [0, 0.1) is 0 Å². The van der Waals surface area contributed by atoms with Crippen molar-refractivity contribution in [3.8, 4) is 17.1 Å². The topological polar surface area (TPSA) is 77.3 Å². The van der Waals surface area contributed by atoms with Crippen molar-refractivity contribution < 1.29 is 14.1 Å². The summed E-state index contributed by atoms with van der Waals surface area (Å²) in [6.07, 6.45) is 0. The molecule has 3 aromatic rings. The van der Waals surface area contributed by atoms with E-state index in [2.05, 4.69) is 15.5 Å². The Bertz CT molecular complexity index is 850. The number of hydrogen-bond acceptors (Lipinski definition) is 6. The van der Waals surface area contributed by atoms with Gasteiger partial charge in [0.2, 0.25) is 17.6 Å². The second-order valence-electron chi connectivity index (χ2n) is 5.53. The third kappa shape index (κ3) is 4.64. The molecule has 6 nitrogen and oxygen atoms in total. The summed E-state index contributed by atoms with van der Waals surface area (Å²) in [6.45, 7) is 2.06. The molecule has 1 N–H and O–H groups in total. The SMILES string of the molecule is COc1ccc(-c2noc(CNC(=O)[C@@H](C)Sc3ccccc3)n2)cc1. The molecule has 7 heteroatoms. The quantitative estimate of drug-likeness (QED) is 0.642. The minimum absolute atomic E-state index is 0.0805. The minimum atomic E-state index is -0.221. The molecule has 0 spiro atoms. The van der Waals surface area contributed by atoms with Crippen molar-refractivity contribution in [2.45, 2.75) is 23.6 Å². The maximum Gasteiger partial charge on any atom is 0.246 e. The summed E-state index contributed by atoms with van der Waals surface area (Å²) in [4.78, 5) is 17.6. The first-order chi connectivity index (χ1) is 12.7. The molecule has 0 bridgehead atoms. The molecular weight excluding hydrogens is 350 g/mol. The number of rotatable bonds is 7. The van der Waals surface area contributed by atoms with Crippen molar-refractivity contribution in [3.63, 3.8) is 0 Å². The number of carbonyl (C=O) groups excluding carboxylic acids is 1. The van der Waals surface area contributed by atoms with E-state index in [1.165, 1.54) is 11.8 Å². The fourth-order valence-electron chi connectivity index (χ4n) is 2.25. The molecule has 1 aromatic heterocycles. The van der Waals surface area contributed by atoms with Crippen molar-refractivity contribution in [3.05, 3.63) is 60.5 Å². The normalized spacial score (nSPS) is 11.8. The van der Waals surface area contributed by atoms with Gasteiger partial charge in [0.1, 0.15) is 5.75 Å². The zero-order chi connectivity index (χ0) is 18.4. The molecule has 0 saturated carbocycles. The molecular formula is C19H19N3O3S. The zero-order valence-corrected chi connectivity index (χ0v) is 15.3. The first-order valence-corrected chi connectivity index (χ1v) is 9.00. The Morgan fingerprint density at radius 1 is 1.19 bits per heavy atom. The molecule has 0 aliphatic carbocycles. The maximum atomic E-state index is 12.2. The third-order valence-corrected chi connectivity index (χ3v) is 4.77. The number of nitrogens with zero attached hydrogens (tertiary/aromatic N) is 2. The van der Waals surface area contributed by atoms with Gasteiger partial charge in [0, 0.05) is 10.5 Å². The first-order valence-electron chi connectivity index (χ1n) is 8.12. The molecule has 134 valence electrons. The van der Waals surface area contributed by atoms with Crippen molar-refractivity contribution in [2.24, 2.45) is 0 Å². The van der Waals surface area contributed by atoms with Crippen LogP contribution in [0.25, 0.3) is 11.4 Å². The van der Waals surface area contributed by atoms with Crippen LogP contribution in [0.4, 0.5) is 0 Å². The van der Waals surface area contributed by atoms with Crippen LogP contribution in [0.2, 0.25) is 0 Å². The van der Waals surface area contributed by atoms with Crippen molar-refractivity contribution in [1.82, 2.24) is 15.5 Å². The molecule has 0 aliphatic heterocycles. The van der Waals surface area contributed by atoms with Crippen LogP contribution in [0.5, 0.6) is 5.75 Å². The summed E-state index contributed by atoms with van der Waals surface area (Å²) in [7, 11) is 1.61. The molecule has 0 saturated heterocycles. The van der Waals surface area contributed by atoms with Gasteiger partial charge in [-0.15, -0.1) is 11.8 Å². The summed E-state index contributed by atoms with van der Waals surface area (Å²) < 4.78 is 10.3. The smallest absolute Gasteiger partial charge is 0.246 e. The Kier molecular flexibility index (Phi) is 5.91. The average Bonchev–Trinajstić information content (AvgIpc) is 3.16. The Hall–Kier alpha value is -2.80. The fraction of sp³-hybridized carbons (Fsp3) is 0.211. The van der Waals surface area contributed by atoms with Gasteiger partial charge < -0.3 is 14.6 Å². The third-order valence-electron chi connectivity index (χ3n) is 3.66.